The first kappa shape index (κ1) is 18.6. The minimum atomic E-state index is -0.541. The number of nitrogens with zero attached hydrogens (tertiary/aromatic N) is 1. The molecule has 0 aliphatic carbocycles. The van der Waals surface area contributed by atoms with Gasteiger partial charge in [0, 0.05) is 29.7 Å². The van der Waals surface area contributed by atoms with Crippen LogP contribution < -0.4 is 15.4 Å². The summed E-state index contributed by atoms with van der Waals surface area (Å²) in [6.45, 7) is 3.92. The van der Waals surface area contributed by atoms with Crippen LogP contribution in [0.3, 0.4) is 0 Å². The number of anilines is 1. The third kappa shape index (κ3) is 3.99. The molecule has 1 heterocycles. The van der Waals surface area contributed by atoms with Crippen LogP contribution in [0.15, 0.2) is 36.4 Å². The molecule has 7 nitrogen and oxygen atoms in total. The van der Waals surface area contributed by atoms with Crippen LogP contribution in [0, 0.1) is 15.9 Å². The smallest absolute Gasteiger partial charge is 0.293 e. The lowest BCUT2D eigenvalue weighted by atomic mass is 9.99. The topological polar surface area (TPSA) is 93.5 Å². The molecule has 1 atom stereocenters. The number of halogens is 1. The normalized spacial score (nSPS) is 15.6. The molecular weight excluding hydrogens is 353 g/mol. The van der Waals surface area contributed by atoms with E-state index in [1.54, 1.807) is 12.1 Å². The first-order valence-electron chi connectivity index (χ1n) is 8.64. The monoisotopic (exact) mass is 373 g/mol. The first-order valence-corrected chi connectivity index (χ1v) is 8.64. The number of benzene rings is 2. The van der Waals surface area contributed by atoms with Crippen molar-refractivity contribution in [3.05, 3.63) is 63.5 Å². The van der Waals surface area contributed by atoms with Crippen LogP contribution in [0.2, 0.25) is 0 Å². The summed E-state index contributed by atoms with van der Waals surface area (Å²) < 4.78 is 19.3. The van der Waals surface area contributed by atoms with E-state index < -0.39 is 10.7 Å². The Kier molecular flexibility index (Phi) is 5.25. The number of para-hydroxylation sites is 1. The summed E-state index contributed by atoms with van der Waals surface area (Å²) in [6.07, 6.45) is 0.531. The summed E-state index contributed by atoms with van der Waals surface area (Å²) in [5, 5.41) is 17.3. The molecule has 0 aromatic heterocycles. The van der Waals surface area contributed by atoms with Crippen molar-refractivity contribution in [3.8, 4) is 5.75 Å². The zero-order valence-corrected chi connectivity index (χ0v) is 15.0. The molecule has 0 saturated carbocycles. The number of hydrogen-bond donors (Lipinski definition) is 2. The number of rotatable bonds is 5. The molecule has 0 unspecified atom stereocenters. The van der Waals surface area contributed by atoms with Crippen molar-refractivity contribution in [1.29, 1.82) is 0 Å². The van der Waals surface area contributed by atoms with E-state index in [4.69, 9.17) is 4.74 Å². The number of amides is 1. The van der Waals surface area contributed by atoms with Crippen molar-refractivity contribution in [2.45, 2.75) is 32.4 Å². The summed E-state index contributed by atoms with van der Waals surface area (Å²) in [7, 11) is 0. The largest absolute Gasteiger partial charge is 0.490 e. The Morgan fingerprint density at radius 1 is 1.33 bits per heavy atom. The second-order valence-electron chi connectivity index (χ2n) is 6.61. The molecule has 142 valence electrons. The summed E-state index contributed by atoms with van der Waals surface area (Å²) >= 11 is 0. The van der Waals surface area contributed by atoms with Gasteiger partial charge in [-0.15, -0.1) is 0 Å². The molecule has 3 rings (SSSR count). The van der Waals surface area contributed by atoms with Gasteiger partial charge >= 0.3 is 0 Å². The van der Waals surface area contributed by atoms with Crippen LogP contribution in [-0.4, -0.2) is 23.5 Å². The standard InChI is InChI=1S/C19H20FN3O4/c1-11(2)21-19(24)12-6-7-16(17(10-12)23(25)26)22-15-8-9-27-18-13(15)4-3-5-14(18)20/h3-7,10-11,15,22H,8-9H2,1-2H3,(H,21,24)/t15-/m0/s1. The number of nitro groups is 1. The Labute approximate surface area is 155 Å². The second-order valence-corrected chi connectivity index (χ2v) is 6.61. The Bertz CT molecular complexity index is 885. The zero-order valence-electron chi connectivity index (χ0n) is 15.0. The Balaban J connectivity index is 1.91. The van der Waals surface area contributed by atoms with E-state index in [1.807, 2.05) is 13.8 Å². The van der Waals surface area contributed by atoms with Crippen molar-refractivity contribution in [2.75, 3.05) is 11.9 Å². The van der Waals surface area contributed by atoms with Gasteiger partial charge in [-0.2, -0.15) is 0 Å². The van der Waals surface area contributed by atoms with Gasteiger partial charge in [0.2, 0.25) is 0 Å². The van der Waals surface area contributed by atoms with Crippen LogP contribution >= 0.6 is 0 Å². The average molecular weight is 373 g/mol. The molecule has 0 radical (unpaired) electrons. The third-order valence-electron chi connectivity index (χ3n) is 4.23. The number of hydrogen-bond acceptors (Lipinski definition) is 5. The fourth-order valence-corrected chi connectivity index (χ4v) is 3.02. The van der Waals surface area contributed by atoms with Crippen molar-refractivity contribution in [2.24, 2.45) is 0 Å². The van der Waals surface area contributed by atoms with Gasteiger partial charge in [0.25, 0.3) is 11.6 Å². The fraction of sp³-hybridized carbons (Fsp3) is 0.316. The molecule has 2 aromatic rings. The van der Waals surface area contributed by atoms with E-state index in [0.29, 0.717) is 18.6 Å². The van der Waals surface area contributed by atoms with Crippen molar-refractivity contribution >= 4 is 17.3 Å². The molecule has 2 N–H and O–H groups in total. The second kappa shape index (κ2) is 7.61. The SMILES string of the molecule is CC(C)NC(=O)c1ccc(N[C@H]2CCOc3c(F)cccc32)c([N+](=O)[O-])c1. The molecule has 1 aliphatic heterocycles. The molecular formula is C19H20FN3O4. The lowest BCUT2D eigenvalue weighted by molar-refractivity contribution is -0.384. The van der Waals surface area contributed by atoms with Crippen LogP contribution in [-0.2, 0) is 0 Å². The average Bonchev–Trinajstić information content (AvgIpc) is 2.62. The number of nitro benzene ring substituents is 1. The quantitative estimate of drug-likeness (QED) is 0.614. The van der Waals surface area contributed by atoms with Crippen LogP contribution in [0.25, 0.3) is 0 Å². The molecule has 1 amide bonds. The summed E-state index contributed by atoms with van der Waals surface area (Å²) in [5.41, 5.74) is 0.871. The Morgan fingerprint density at radius 3 is 2.81 bits per heavy atom. The van der Waals surface area contributed by atoms with Crippen LogP contribution in [0.4, 0.5) is 15.8 Å². The van der Waals surface area contributed by atoms with Crippen LogP contribution in [0.1, 0.15) is 42.2 Å². The van der Waals surface area contributed by atoms with Crippen molar-refractivity contribution in [1.82, 2.24) is 5.32 Å². The fourth-order valence-electron chi connectivity index (χ4n) is 3.02. The minimum absolute atomic E-state index is 0.0806. The summed E-state index contributed by atoms with van der Waals surface area (Å²) in [4.78, 5) is 23.1. The molecule has 0 saturated heterocycles. The van der Waals surface area contributed by atoms with Gasteiger partial charge in [0.05, 0.1) is 17.6 Å². The predicted molar refractivity (Wildman–Crippen MR) is 98.6 cm³/mol. The van der Waals surface area contributed by atoms with Gasteiger partial charge in [0.15, 0.2) is 11.6 Å². The number of ether oxygens (including phenoxy) is 1. The maximum absolute atomic E-state index is 13.9. The maximum Gasteiger partial charge on any atom is 0.293 e. The number of nitrogens with one attached hydrogen (secondary N) is 2. The highest BCUT2D eigenvalue weighted by atomic mass is 19.1. The van der Waals surface area contributed by atoms with E-state index in [0.717, 1.165) is 0 Å². The molecule has 2 aromatic carbocycles. The number of carbonyl (C=O) groups is 1. The summed E-state index contributed by atoms with van der Waals surface area (Å²) in [5.74, 6) is -0.677. The summed E-state index contributed by atoms with van der Waals surface area (Å²) in [6, 6.07) is 8.47. The Hall–Kier alpha value is -3.16. The highest BCUT2D eigenvalue weighted by Gasteiger charge is 2.26. The van der Waals surface area contributed by atoms with E-state index in [-0.39, 0.29) is 40.7 Å². The number of carbonyl (C=O) groups excluding carboxylic acids is 1. The lowest BCUT2D eigenvalue weighted by Crippen LogP contribution is -2.30. The van der Waals surface area contributed by atoms with Gasteiger partial charge < -0.3 is 15.4 Å². The van der Waals surface area contributed by atoms with Gasteiger partial charge in [-0.05, 0) is 32.0 Å². The maximum atomic E-state index is 13.9. The third-order valence-corrected chi connectivity index (χ3v) is 4.23. The highest BCUT2D eigenvalue weighted by molar-refractivity contribution is 5.95. The number of fused-ring (bicyclic) bond motifs is 1. The molecule has 0 bridgehead atoms. The predicted octanol–water partition coefficient (Wildman–Crippen LogP) is 3.81. The molecule has 1 aliphatic rings. The van der Waals surface area contributed by atoms with Crippen LogP contribution in [0.5, 0.6) is 5.75 Å². The van der Waals surface area contributed by atoms with E-state index in [1.165, 1.54) is 24.3 Å². The highest BCUT2D eigenvalue weighted by Crippen LogP contribution is 2.38. The van der Waals surface area contributed by atoms with Gasteiger partial charge in [-0.3, -0.25) is 14.9 Å². The van der Waals surface area contributed by atoms with Crippen molar-refractivity contribution < 1.29 is 18.8 Å². The molecule has 0 fully saturated rings. The Morgan fingerprint density at radius 2 is 2.11 bits per heavy atom. The lowest BCUT2D eigenvalue weighted by Gasteiger charge is -2.27. The van der Waals surface area contributed by atoms with Gasteiger partial charge in [-0.25, -0.2) is 4.39 Å². The van der Waals surface area contributed by atoms with Gasteiger partial charge in [0.1, 0.15) is 5.69 Å². The molecule has 0 spiro atoms. The van der Waals surface area contributed by atoms with Crippen molar-refractivity contribution in [3.63, 3.8) is 0 Å². The van der Waals surface area contributed by atoms with E-state index in [2.05, 4.69) is 10.6 Å². The minimum Gasteiger partial charge on any atom is -0.490 e. The van der Waals surface area contributed by atoms with E-state index in [9.17, 15) is 19.3 Å². The van der Waals surface area contributed by atoms with E-state index >= 15 is 0 Å². The zero-order chi connectivity index (χ0) is 19.6. The first-order chi connectivity index (χ1) is 12.9. The molecule has 27 heavy (non-hydrogen) atoms. The molecule has 8 heteroatoms. The van der Waals surface area contributed by atoms with Gasteiger partial charge in [-0.1, -0.05) is 12.1 Å².